The molecule has 0 unspecified atom stereocenters. The predicted octanol–water partition coefficient (Wildman–Crippen LogP) is 4.48. The molecule has 0 saturated heterocycles. The van der Waals surface area contributed by atoms with Crippen LogP contribution < -0.4 is 0 Å². The SMILES string of the molecule is Cn1cc2ccc(-c3ccc(Cn4cc5ncccc5c4O)c(F)c3)cc2n1. The van der Waals surface area contributed by atoms with Crippen LogP contribution in [0.2, 0.25) is 0 Å². The first-order chi connectivity index (χ1) is 13.6. The first kappa shape index (κ1) is 16.5. The third-order valence-corrected chi connectivity index (χ3v) is 4.98. The number of hydrogen-bond acceptors (Lipinski definition) is 3. The summed E-state index contributed by atoms with van der Waals surface area (Å²) in [5.74, 6) is -0.226. The van der Waals surface area contributed by atoms with Gasteiger partial charge in [0.25, 0.3) is 0 Å². The third kappa shape index (κ3) is 2.70. The minimum absolute atomic E-state index is 0.0900. The number of aromatic hydroxyl groups is 1. The zero-order chi connectivity index (χ0) is 19.3. The minimum atomic E-state index is -0.316. The number of nitrogens with zero attached hydrogens (tertiary/aromatic N) is 4. The number of aryl methyl sites for hydroxylation is 1. The average Bonchev–Trinajstić information content (AvgIpc) is 3.22. The fourth-order valence-electron chi connectivity index (χ4n) is 3.55. The highest BCUT2D eigenvalue weighted by Crippen LogP contribution is 2.29. The van der Waals surface area contributed by atoms with Gasteiger partial charge in [-0.2, -0.15) is 5.10 Å². The predicted molar refractivity (Wildman–Crippen MR) is 107 cm³/mol. The molecule has 0 bridgehead atoms. The standard InChI is InChI=1S/C22H17FN4O/c1-26-11-17-7-5-15(10-20(17)25-26)14-4-6-16(19(23)9-14)12-27-13-21-18(22(27)28)3-2-8-24-21/h2-11,13,28H,12H2,1H3. The molecule has 2 aromatic carbocycles. The Labute approximate surface area is 160 Å². The van der Waals surface area contributed by atoms with Crippen molar-refractivity contribution in [3.63, 3.8) is 0 Å². The van der Waals surface area contributed by atoms with E-state index >= 15 is 0 Å². The van der Waals surface area contributed by atoms with Crippen molar-refractivity contribution in [1.82, 2.24) is 19.3 Å². The molecule has 0 spiro atoms. The molecule has 5 aromatic rings. The van der Waals surface area contributed by atoms with Gasteiger partial charge in [-0.1, -0.05) is 24.3 Å². The lowest BCUT2D eigenvalue weighted by molar-refractivity contribution is 0.428. The van der Waals surface area contributed by atoms with Gasteiger partial charge in [0.2, 0.25) is 5.88 Å². The van der Waals surface area contributed by atoms with E-state index in [-0.39, 0.29) is 18.2 Å². The van der Waals surface area contributed by atoms with E-state index in [1.807, 2.05) is 37.5 Å². The number of hydrogen-bond donors (Lipinski definition) is 1. The lowest BCUT2D eigenvalue weighted by Crippen LogP contribution is -2.00. The fourth-order valence-corrected chi connectivity index (χ4v) is 3.55. The number of benzene rings is 2. The van der Waals surface area contributed by atoms with E-state index in [1.165, 1.54) is 6.07 Å². The molecular formula is C22H17FN4O. The molecule has 0 atom stereocenters. The number of halogens is 1. The molecular weight excluding hydrogens is 355 g/mol. The average molecular weight is 372 g/mol. The summed E-state index contributed by atoms with van der Waals surface area (Å²) in [6, 6.07) is 14.6. The number of aromatic nitrogens is 4. The van der Waals surface area contributed by atoms with E-state index < -0.39 is 0 Å². The second-order valence-corrected chi connectivity index (χ2v) is 6.90. The van der Waals surface area contributed by atoms with Crippen molar-refractivity contribution in [3.05, 3.63) is 78.5 Å². The number of fused-ring (bicyclic) bond motifs is 2. The fraction of sp³-hybridized carbons (Fsp3) is 0.0909. The molecule has 0 amide bonds. The molecule has 3 aromatic heterocycles. The summed E-state index contributed by atoms with van der Waals surface area (Å²) < 4.78 is 18.2. The van der Waals surface area contributed by atoms with Crippen LogP contribution in [0.5, 0.6) is 5.88 Å². The van der Waals surface area contributed by atoms with Crippen LogP contribution in [-0.4, -0.2) is 24.4 Å². The van der Waals surface area contributed by atoms with Crippen molar-refractivity contribution < 1.29 is 9.50 Å². The molecule has 28 heavy (non-hydrogen) atoms. The van der Waals surface area contributed by atoms with E-state index in [0.717, 1.165) is 22.0 Å². The quantitative estimate of drug-likeness (QED) is 0.508. The summed E-state index contributed by atoms with van der Waals surface area (Å²) in [4.78, 5) is 4.22. The lowest BCUT2D eigenvalue weighted by Gasteiger charge is -2.09. The zero-order valence-electron chi connectivity index (χ0n) is 15.2. The summed E-state index contributed by atoms with van der Waals surface area (Å²) in [7, 11) is 1.88. The van der Waals surface area contributed by atoms with Gasteiger partial charge < -0.3 is 9.67 Å². The van der Waals surface area contributed by atoms with E-state index in [9.17, 15) is 9.50 Å². The van der Waals surface area contributed by atoms with Gasteiger partial charge in [0.1, 0.15) is 5.82 Å². The first-order valence-electron chi connectivity index (χ1n) is 8.93. The molecule has 0 saturated carbocycles. The second-order valence-electron chi connectivity index (χ2n) is 6.90. The molecule has 138 valence electrons. The molecule has 0 aliphatic carbocycles. The van der Waals surface area contributed by atoms with Crippen LogP contribution >= 0.6 is 0 Å². The maximum atomic E-state index is 14.8. The highest BCUT2D eigenvalue weighted by molar-refractivity contribution is 5.85. The zero-order valence-corrected chi connectivity index (χ0v) is 15.2. The molecule has 1 N–H and O–H groups in total. The van der Waals surface area contributed by atoms with Crippen molar-refractivity contribution >= 4 is 21.8 Å². The summed E-state index contributed by atoms with van der Waals surface area (Å²) in [6.45, 7) is 0.230. The highest BCUT2D eigenvalue weighted by atomic mass is 19.1. The Kier molecular flexibility index (Phi) is 3.65. The lowest BCUT2D eigenvalue weighted by atomic mass is 10.0. The third-order valence-electron chi connectivity index (χ3n) is 4.98. The van der Waals surface area contributed by atoms with Crippen molar-refractivity contribution in [2.45, 2.75) is 6.54 Å². The largest absolute Gasteiger partial charge is 0.494 e. The van der Waals surface area contributed by atoms with Crippen LogP contribution in [0.25, 0.3) is 32.9 Å². The van der Waals surface area contributed by atoms with Crippen LogP contribution in [0.4, 0.5) is 4.39 Å². The van der Waals surface area contributed by atoms with Crippen LogP contribution in [0.1, 0.15) is 5.56 Å². The summed E-state index contributed by atoms with van der Waals surface area (Å²) in [6.07, 6.45) is 5.35. The Morgan fingerprint density at radius 2 is 1.82 bits per heavy atom. The van der Waals surface area contributed by atoms with Gasteiger partial charge in [0.15, 0.2) is 0 Å². The van der Waals surface area contributed by atoms with Gasteiger partial charge in [0.05, 0.1) is 23.0 Å². The maximum Gasteiger partial charge on any atom is 0.201 e. The van der Waals surface area contributed by atoms with Gasteiger partial charge in [-0.15, -0.1) is 0 Å². The van der Waals surface area contributed by atoms with Crippen molar-refractivity contribution in [2.75, 3.05) is 0 Å². The smallest absolute Gasteiger partial charge is 0.201 e. The van der Waals surface area contributed by atoms with Crippen LogP contribution in [0, 0.1) is 5.82 Å². The molecule has 0 fully saturated rings. The van der Waals surface area contributed by atoms with Gasteiger partial charge >= 0.3 is 0 Å². The Morgan fingerprint density at radius 3 is 2.64 bits per heavy atom. The van der Waals surface area contributed by atoms with Gasteiger partial charge in [-0.3, -0.25) is 9.67 Å². The molecule has 0 radical (unpaired) electrons. The second kappa shape index (κ2) is 6.20. The highest BCUT2D eigenvalue weighted by Gasteiger charge is 2.12. The Hall–Kier alpha value is -3.67. The Balaban J connectivity index is 1.49. The monoisotopic (exact) mass is 372 g/mol. The number of rotatable bonds is 3. The van der Waals surface area contributed by atoms with Crippen molar-refractivity contribution in [1.29, 1.82) is 0 Å². The van der Waals surface area contributed by atoms with Crippen molar-refractivity contribution in [3.8, 4) is 17.0 Å². The topological polar surface area (TPSA) is 55.9 Å². The minimum Gasteiger partial charge on any atom is -0.494 e. The van der Waals surface area contributed by atoms with Gasteiger partial charge in [-0.25, -0.2) is 4.39 Å². The Bertz CT molecular complexity index is 1340. The van der Waals surface area contributed by atoms with Crippen LogP contribution in [-0.2, 0) is 13.6 Å². The summed E-state index contributed by atoms with van der Waals surface area (Å²) >= 11 is 0. The van der Waals surface area contributed by atoms with E-state index in [1.54, 1.807) is 39.8 Å². The normalized spacial score (nSPS) is 11.5. The van der Waals surface area contributed by atoms with Gasteiger partial charge in [-0.05, 0) is 35.4 Å². The maximum absolute atomic E-state index is 14.8. The van der Waals surface area contributed by atoms with E-state index in [4.69, 9.17) is 0 Å². The van der Waals surface area contributed by atoms with Crippen LogP contribution in [0.3, 0.4) is 0 Å². The molecule has 6 heteroatoms. The molecule has 0 aliphatic heterocycles. The van der Waals surface area contributed by atoms with E-state index in [2.05, 4.69) is 10.1 Å². The molecule has 5 rings (SSSR count). The summed E-state index contributed by atoms with van der Waals surface area (Å²) in [5, 5.41) is 16.5. The number of pyridine rings is 1. The summed E-state index contributed by atoms with van der Waals surface area (Å²) in [5.41, 5.74) is 3.76. The molecule has 5 nitrogen and oxygen atoms in total. The first-order valence-corrected chi connectivity index (χ1v) is 8.93. The van der Waals surface area contributed by atoms with E-state index in [0.29, 0.717) is 16.5 Å². The van der Waals surface area contributed by atoms with Gasteiger partial charge in [0, 0.05) is 36.6 Å². The molecule has 0 aliphatic rings. The van der Waals surface area contributed by atoms with Crippen molar-refractivity contribution in [2.24, 2.45) is 7.05 Å². The molecule has 3 heterocycles. The van der Waals surface area contributed by atoms with Crippen LogP contribution in [0.15, 0.2) is 67.1 Å². The Morgan fingerprint density at radius 1 is 1.00 bits per heavy atom.